The van der Waals surface area contributed by atoms with E-state index in [4.69, 9.17) is 0 Å². The van der Waals surface area contributed by atoms with Crippen LogP contribution >= 0.6 is 0 Å². The Hall–Kier alpha value is -2.69. The van der Waals surface area contributed by atoms with Crippen molar-refractivity contribution in [1.29, 1.82) is 0 Å². The van der Waals surface area contributed by atoms with Gasteiger partial charge in [-0.05, 0) is 42.7 Å². The molecule has 1 aliphatic carbocycles. The third-order valence-electron chi connectivity index (χ3n) is 3.52. The van der Waals surface area contributed by atoms with Crippen LogP contribution in [0.4, 0.5) is 5.69 Å². The molecule has 1 fully saturated rings. The summed E-state index contributed by atoms with van der Waals surface area (Å²) in [5.74, 6) is 0.00218. The highest BCUT2D eigenvalue weighted by molar-refractivity contribution is 5.98. The molecule has 5 nitrogen and oxygen atoms in total. The van der Waals surface area contributed by atoms with Gasteiger partial charge in [-0.3, -0.25) is 14.6 Å². The number of nitrogens with zero attached hydrogens (tertiary/aromatic N) is 1. The van der Waals surface area contributed by atoms with Crippen molar-refractivity contribution in [3.63, 3.8) is 0 Å². The van der Waals surface area contributed by atoms with E-state index < -0.39 is 0 Å². The molecule has 2 N–H and O–H groups in total. The molecule has 2 amide bonds. The van der Waals surface area contributed by atoms with E-state index in [9.17, 15) is 9.59 Å². The summed E-state index contributed by atoms with van der Waals surface area (Å²) in [6.45, 7) is 0.422. The quantitative estimate of drug-likeness (QED) is 0.889. The molecule has 0 unspecified atom stereocenters. The number of carbonyl (C=O) groups excluding carboxylic acids is 2. The Balaban J connectivity index is 1.61. The molecule has 0 aliphatic heterocycles. The number of amides is 2. The van der Waals surface area contributed by atoms with Crippen molar-refractivity contribution in [2.75, 3.05) is 5.32 Å². The molecule has 112 valence electrons. The van der Waals surface area contributed by atoms with Gasteiger partial charge in [-0.15, -0.1) is 0 Å². The number of carbonyl (C=O) groups is 2. The monoisotopic (exact) mass is 295 g/mol. The average Bonchev–Trinajstić information content (AvgIpc) is 3.39. The molecule has 0 saturated heterocycles. The molecule has 1 aliphatic rings. The Morgan fingerprint density at radius 1 is 1.18 bits per heavy atom. The molecule has 3 rings (SSSR count). The predicted molar refractivity (Wildman–Crippen MR) is 83.2 cm³/mol. The molecule has 1 heterocycles. The van der Waals surface area contributed by atoms with E-state index >= 15 is 0 Å². The minimum absolute atomic E-state index is 0.0351. The number of aromatic nitrogens is 1. The molecule has 0 radical (unpaired) electrons. The first-order valence-corrected chi connectivity index (χ1v) is 7.30. The van der Waals surface area contributed by atoms with E-state index in [1.54, 1.807) is 36.7 Å². The van der Waals surface area contributed by atoms with E-state index in [0.29, 0.717) is 17.8 Å². The maximum Gasteiger partial charge on any atom is 0.251 e. The lowest BCUT2D eigenvalue weighted by Gasteiger charge is -2.08. The molecular weight excluding hydrogens is 278 g/mol. The van der Waals surface area contributed by atoms with Crippen LogP contribution in [0.2, 0.25) is 0 Å². The highest BCUT2D eigenvalue weighted by Crippen LogP contribution is 2.30. The number of hydrogen-bond donors (Lipinski definition) is 2. The lowest BCUT2D eigenvalue weighted by molar-refractivity contribution is -0.117. The van der Waals surface area contributed by atoms with Crippen LogP contribution in [-0.2, 0) is 11.3 Å². The smallest absolute Gasteiger partial charge is 0.251 e. The summed E-state index contributed by atoms with van der Waals surface area (Å²) in [7, 11) is 0. The molecule has 5 heteroatoms. The van der Waals surface area contributed by atoms with Gasteiger partial charge in [0.1, 0.15) is 0 Å². The van der Waals surface area contributed by atoms with Gasteiger partial charge in [0.15, 0.2) is 0 Å². The van der Waals surface area contributed by atoms with E-state index in [0.717, 1.165) is 18.4 Å². The Labute approximate surface area is 128 Å². The van der Waals surface area contributed by atoms with Crippen LogP contribution in [-0.4, -0.2) is 16.8 Å². The standard InChI is InChI=1S/C17H17N3O2/c21-16(19-11-12-3-2-8-18-10-12)14-4-1-5-15(9-14)20-17(22)13-6-7-13/h1-5,8-10,13H,6-7,11H2,(H,19,21)(H,20,22). The number of nitrogens with one attached hydrogen (secondary N) is 2. The van der Waals surface area contributed by atoms with Gasteiger partial charge in [0, 0.05) is 36.1 Å². The molecule has 0 bridgehead atoms. The predicted octanol–water partition coefficient (Wildman–Crippen LogP) is 2.36. The maximum atomic E-state index is 12.2. The SMILES string of the molecule is O=C(NCc1cccnc1)c1cccc(NC(=O)C2CC2)c1. The Morgan fingerprint density at radius 3 is 2.77 bits per heavy atom. The number of benzene rings is 1. The zero-order valence-corrected chi connectivity index (χ0v) is 12.1. The van der Waals surface area contributed by atoms with E-state index in [-0.39, 0.29) is 17.7 Å². The van der Waals surface area contributed by atoms with Gasteiger partial charge in [-0.2, -0.15) is 0 Å². The van der Waals surface area contributed by atoms with Gasteiger partial charge >= 0.3 is 0 Å². The highest BCUT2D eigenvalue weighted by atomic mass is 16.2. The van der Waals surface area contributed by atoms with Crippen LogP contribution in [0.25, 0.3) is 0 Å². The van der Waals surface area contributed by atoms with Crippen molar-refractivity contribution in [3.8, 4) is 0 Å². The van der Waals surface area contributed by atoms with Crippen molar-refractivity contribution >= 4 is 17.5 Å². The Bertz CT molecular complexity index is 681. The molecule has 0 atom stereocenters. The lowest BCUT2D eigenvalue weighted by Crippen LogP contribution is -2.23. The van der Waals surface area contributed by atoms with Crippen LogP contribution in [0.1, 0.15) is 28.8 Å². The summed E-state index contributed by atoms with van der Waals surface area (Å²) in [5.41, 5.74) is 2.12. The van der Waals surface area contributed by atoms with Crippen molar-refractivity contribution in [2.45, 2.75) is 19.4 Å². The number of anilines is 1. The van der Waals surface area contributed by atoms with Crippen LogP contribution in [0.5, 0.6) is 0 Å². The molecule has 0 spiro atoms. The van der Waals surface area contributed by atoms with Crippen molar-refractivity contribution < 1.29 is 9.59 Å². The van der Waals surface area contributed by atoms with Gasteiger partial charge in [-0.25, -0.2) is 0 Å². The maximum absolute atomic E-state index is 12.2. The number of rotatable bonds is 5. The molecule has 1 saturated carbocycles. The Morgan fingerprint density at radius 2 is 2.05 bits per heavy atom. The van der Waals surface area contributed by atoms with Crippen molar-refractivity contribution in [1.82, 2.24) is 10.3 Å². The van der Waals surface area contributed by atoms with E-state index in [2.05, 4.69) is 15.6 Å². The largest absolute Gasteiger partial charge is 0.348 e. The minimum Gasteiger partial charge on any atom is -0.348 e. The minimum atomic E-state index is -0.175. The second-order valence-electron chi connectivity index (χ2n) is 5.39. The van der Waals surface area contributed by atoms with Gasteiger partial charge in [0.2, 0.25) is 5.91 Å². The van der Waals surface area contributed by atoms with Gasteiger partial charge in [0.05, 0.1) is 0 Å². The van der Waals surface area contributed by atoms with Gasteiger partial charge < -0.3 is 10.6 Å². The molecule has 2 aromatic rings. The van der Waals surface area contributed by atoms with Crippen molar-refractivity contribution in [3.05, 3.63) is 59.9 Å². The third kappa shape index (κ3) is 3.69. The third-order valence-corrected chi connectivity index (χ3v) is 3.52. The summed E-state index contributed by atoms with van der Waals surface area (Å²) in [5, 5.41) is 5.68. The summed E-state index contributed by atoms with van der Waals surface area (Å²) >= 11 is 0. The van der Waals surface area contributed by atoms with E-state index in [1.807, 2.05) is 12.1 Å². The van der Waals surface area contributed by atoms with Crippen molar-refractivity contribution in [2.24, 2.45) is 5.92 Å². The van der Waals surface area contributed by atoms with Gasteiger partial charge in [-0.1, -0.05) is 12.1 Å². The average molecular weight is 295 g/mol. The topological polar surface area (TPSA) is 71.1 Å². The normalized spacial score (nSPS) is 13.5. The molecule has 1 aromatic heterocycles. The summed E-state index contributed by atoms with van der Waals surface area (Å²) < 4.78 is 0. The van der Waals surface area contributed by atoms with Gasteiger partial charge in [0.25, 0.3) is 5.91 Å². The molecule has 1 aromatic carbocycles. The van der Waals surface area contributed by atoms with Crippen LogP contribution in [0.15, 0.2) is 48.8 Å². The first-order valence-electron chi connectivity index (χ1n) is 7.30. The fourth-order valence-corrected chi connectivity index (χ4v) is 2.12. The highest BCUT2D eigenvalue weighted by Gasteiger charge is 2.29. The summed E-state index contributed by atoms with van der Waals surface area (Å²) in [6.07, 6.45) is 5.32. The summed E-state index contributed by atoms with van der Waals surface area (Å²) in [4.78, 5) is 27.9. The first kappa shape index (κ1) is 14.3. The molecular formula is C17H17N3O2. The zero-order chi connectivity index (χ0) is 15.4. The fourth-order valence-electron chi connectivity index (χ4n) is 2.12. The fraction of sp³-hybridized carbons (Fsp3) is 0.235. The zero-order valence-electron chi connectivity index (χ0n) is 12.1. The summed E-state index contributed by atoms with van der Waals surface area (Å²) in [6, 6.07) is 10.7. The lowest BCUT2D eigenvalue weighted by atomic mass is 10.1. The van der Waals surface area contributed by atoms with Crippen LogP contribution in [0.3, 0.4) is 0 Å². The van der Waals surface area contributed by atoms with E-state index in [1.165, 1.54) is 0 Å². The van der Waals surface area contributed by atoms with Crippen LogP contribution < -0.4 is 10.6 Å². The second-order valence-corrected chi connectivity index (χ2v) is 5.39. The first-order chi connectivity index (χ1) is 10.7. The number of hydrogen-bond acceptors (Lipinski definition) is 3. The van der Waals surface area contributed by atoms with Crippen LogP contribution in [0, 0.1) is 5.92 Å². The Kier molecular flexibility index (Phi) is 4.14. The second kappa shape index (κ2) is 6.39. The number of pyridine rings is 1. The molecule has 22 heavy (non-hydrogen) atoms.